The maximum Gasteiger partial charge on any atom is 0.179 e. The molecule has 2 rings (SSSR count). The predicted octanol–water partition coefficient (Wildman–Crippen LogP) is 2.48. The minimum Gasteiger partial charge on any atom is -0.326 e. The summed E-state index contributed by atoms with van der Waals surface area (Å²) in [4.78, 5) is 4.65. The maximum atomic E-state index is 12.2. The normalized spacial score (nSPS) is 11.7. The highest BCUT2D eigenvalue weighted by Gasteiger charge is 2.14. The molecule has 0 saturated heterocycles. The maximum absolute atomic E-state index is 12.2. The van der Waals surface area contributed by atoms with Crippen molar-refractivity contribution in [3.63, 3.8) is 0 Å². The molecule has 1 aromatic heterocycles. The van der Waals surface area contributed by atoms with E-state index in [2.05, 4.69) is 4.98 Å². The minimum atomic E-state index is -3.23. The zero-order chi connectivity index (χ0) is 14.6. The molecule has 0 saturated carbocycles. The van der Waals surface area contributed by atoms with E-state index in [1.807, 2.05) is 12.3 Å². The monoisotopic (exact) mass is 328 g/mol. The number of aryl methyl sites for hydroxylation is 1. The van der Waals surface area contributed by atoms with Gasteiger partial charge in [-0.1, -0.05) is 23.9 Å². The van der Waals surface area contributed by atoms with Gasteiger partial charge in [0, 0.05) is 23.4 Å². The van der Waals surface area contributed by atoms with Crippen LogP contribution in [0.15, 0.2) is 38.9 Å². The van der Waals surface area contributed by atoms with Crippen LogP contribution in [0.3, 0.4) is 0 Å². The van der Waals surface area contributed by atoms with Crippen molar-refractivity contribution < 1.29 is 8.42 Å². The fraction of sp³-hybridized carbons (Fsp3) is 0.308. The Morgan fingerprint density at radius 1 is 1.30 bits per heavy atom. The molecule has 0 amide bonds. The van der Waals surface area contributed by atoms with Crippen LogP contribution in [-0.2, 0) is 16.4 Å². The highest BCUT2D eigenvalue weighted by atomic mass is 32.2. The Balaban J connectivity index is 1.96. The summed E-state index contributed by atoms with van der Waals surface area (Å²) in [5, 5.41) is 1.96. The van der Waals surface area contributed by atoms with Crippen LogP contribution in [-0.4, -0.2) is 24.9 Å². The summed E-state index contributed by atoms with van der Waals surface area (Å²) in [6.07, 6.45) is 0. The van der Waals surface area contributed by atoms with E-state index in [1.165, 1.54) is 11.8 Å². The summed E-state index contributed by atoms with van der Waals surface area (Å²) in [7, 11) is -3.23. The third kappa shape index (κ3) is 4.05. The van der Waals surface area contributed by atoms with Gasteiger partial charge in [0.2, 0.25) is 0 Å². The van der Waals surface area contributed by atoms with Gasteiger partial charge in [0.05, 0.1) is 10.6 Å². The molecule has 2 N–H and O–H groups in total. The Kier molecular flexibility index (Phi) is 5.20. The highest BCUT2D eigenvalue weighted by molar-refractivity contribution is 8.02. The molecule has 0 bridgehead atoms. The number of nitrogens with zero attached hydrogens (tertiary/aromatic N) is 1. The number of nitrogens with two attached hydrogens (primary N) is 1. The average molecular weight is 328 g/mol. The minimum absolute atomic E-state index is 0.109. The molecule has 1 aromatic carbocycles. The van der Waals surface area contributed by atoms with Crippen molar-refractivity contribution in [3.8, 4) is 0 Å². The summed E-state index contributed by atoms with van der Waals surface area (Å²) < 4.78 is 25.2. The quantitative estimate of drug-likeness (QED) is 0.825. The van der Waals surface area contributed by atoms with Gasteiger partial charge >= 0.3 is 0 Å². The van der Waals surface area contributed by atoms with Crippen LogP contribution in [0.25, 0.3) is 0 Å². The molecular weight excluding hydrogens is 312 g/mol. The van der Waals surface area contributed by atoms with Crippen molar-refractivity contribution in [1.29, 1.82) is 0 Å². The smallest absolute Gasteiger partial charge is 0.179 e. The van der Waals surface area contributed by atoms with Gasteiger partial charge in [-0.2, -0.15) is 0 Å². The Morgan fingerprint density at radius 2 is 2.00 bits per heavy atom. The molecule has 108 valence electrons. The van der Waals surface area contributed by atoms with Crippen LogP contribution in [0.1, 0.15) is 11.3 Å². The van der Waals surface area contributed by atoms with Gasteiger partial charge in [-0.3, -0.25) is 0 Å². The van der Waals surface area contributed by atoms with Crippen molar-refractivity contribution in [2.75, 3.05) is 11.5 Å². The zero-order valence-corrected chi connectivity index (χ0v) is 13.5. The number of benzene rings is 1. The van der Waals surface area contributed by atoms with Gasteiger partial charge in [0.25, 0.3) is 0 Å². The van der Waals surface area contributed by atoms with Crippen molar-refractivity contribution in [2.24, 2.45) is 5.73 Å². The molecule has 0 radical (unpaired) electrons. The standard InChI is InChI=1S/C13H16N2O2S3/c1-10-9-19-13(15-10)18-6-7-20(16,17)12-4-2-11(8-14)3-5-12/h2-5,9H,6-8,14H2,1H3. The number of aromatic nitrogens is 1. The van der Waals surface area contributed by atoms with Gasteiger partial charge < -0.3 is 5.73 Å². The Morgan fingerprint density at radius 3 is 2.55 bits per heavy atom. The summed E-state index contributed by atoms with van der Waals surface area (Å²) in [6.45, 7) is 2.34. The second kappa shape index (κ2) is 6.71. The van der Waals surface area contributed by atoms with Gasteiger partial charge in [-0.05, 0) is 24.6 Å². The van der Waals surface area contributed by atoms with Crippen LogP contribution in [0.2, 0.25) is 0 Å². The van der Waals surface area contributed by atoms with Crippen LogP contribution in [0, 0.1) is 6.92 Å². The fourth-order valence-electron chi connectivity index (χ4n) is 1.59. The lowest BCUT2D eigenvalue weighted by Gasteiger charge is -2.04. The molecule has 0 fully saturated rings. The lowest BCUT2D eigenvalue weighted by Crippen LogP contribution is -2.09. The Bertz CT molecular complexity index is 663. The number of hydrogen-bond donors (Lipinski definition) is 1. The summed E-state index contributed by atoms with van der Waals surface area (Å²) in [5.41, 5.74) is 7.39. The van der Waals surface area contributed by atoms with Crippen molar-refractivity contribution in [1.82, 2.24) is 4.98 Å². The lowest BCUT2D eigenvalue weighted by atomic mass is 10.2. The molecule has 1 heterocycles. The number of thioether (sulfide) groups is 1. The van der Waals surface area contributed by atoms with Crippen molar-refractivity contribution in [3.05, 3.63) is 40.9 Å². The van der Waals surface area contributed by atoms with Gasteiger partial charge in [-0.25, -0.2) is 13.4 Å². The van der Waals surface area contributed by atoms with Gasteiger partial charge in [0.15, 0.2) is 9.84 Å². The molecular formula is C13H16N2O2S3. The number of sulfone groups is 1. The molecule has 0 aliphatic heterocycles. The average Bonchev–Trinajstić information content (AvgIpc) is 2.84. The van der Waals surface area contributed by atoms with E-state index in [1.54, 1.807) is 35.6 Å². The highest BCUT2D eigenvalue weighted by Crippen LogP contribution is 2.23. The Hall–Kier alpha value is -0.890. The first kappa shape index (κ1) is 15.5. The van der Waals surface area contributed by atoms with Crippen LogP contribution in [0.4, 0.5) is 0 Å². The van der Waals surface area contributed by atoms with Crippen molar-refractivity contribution in [2.45, 2.75) is 22.7 Å². The van der Waals surface area contributed by atoms with Gasteiger partial charge in [0.1, 0.15) is 4.34 Å². The fourth-order valence-corrected chi connectivity index (χ4v) is 5.16. The van der Waals surface area contributed by atoms with Crippen LogP contribution in [0.5, 0.6) is 0 Å². The van der Waals surface area contributed by atoms with Crippen molar-refractivity contribution >= 4 is 32.9 Å². The van der Waals surface area contributed by atoms with E-state index in [4.69, 9.17) is 5.73 Å². The molecule has 2 aromatic rings. The molecule has 0 aliphatic carbocycles. The third-order valence-electron chi connectivity index (χ3n) is 2.69. The zero-order valence-electron chi connectivity index (χ0n) is 11.1. The lowest BCUT2D eigenvalue weighted by molar-refractivity contribution is 0.597. The first-order chi connectivity index (χ1) is 9.51. The van der Waals surface area contributed by atoms with E-state index in [9.17, 15) is 8.42 Å². The first-order valence-corrected chi connectivity index (χ1v) is 9.60. The molecule has 20 heavy (non-hydrogen) atoms. The largest absolute Gasteiger partial charge is 0.326 e. The number of thiazole rings is 1. The number of hydrogen-bond acceptors (Lipinski definition) is 6. The molecule has 0 unspecified atom stereocenters. The van der Waals surface area contributed by atoms with Crippen LogP contribution < -0.4 is 5.73 Å². The van der Waals surface area contributed by atoms with Gasteiger partial charge in [-0.15, -0.1) is 11.3 Å². The number of rotatable bonds is 6. The van der Waals surface area contributed by atoms with E-state index < -0.39 is 9.84 Å². The van der Waals surface area contributed by atoms with E-state index in [-0.39, 0.29) is 5.75 Å². The summed E-state index contributed by atoms with van der Waals surface area (Å²) in [5.74, 6) is 0.617. The second-order valence-electron chi connectivity index (χ2n) is 4.27. The third-order valence-corrected chi connectivity index (χ3v) is 6.82. The first-order valence-electron chi connectivity index (χ1n) is 6.08. The van der Waals surface area contributed by atoms with Crippen LogP contribution >= 0.6 is 23.1 Å². The van der Waals surface area contributed by atoms with E-state index >= 15 is 0 Å². The molecule has 0 spiro atoms. The summed E-state index contributed by atoms with van der Waals surface area (Å²) in [6, 6.07) is 6.75. The molecule has 4 nitrogen and oxygen atoms in total. The predicted molar refractivity (Wildman–Crippen MR) is 84.0 cm³/mol. The molecule has 0 atom stereocenters. The Labute approximate surface area is 127 Å². The van der Waals surface area contributed by atoms with E-state index in [0.717, 1.165) is 15.6 Å². The second-order valence-corrected chi connectivity index (χ2v) is 8.58. The molecule has 0 aliphatic rings. The summed E-state index contributed by atoms with van der Waals surface area (Å²) >= 11 is 3.02. The molecule has 7 heteroatoms. The van der Waals surface area contributed by atoms with E-state index in [0.29, 0.717) is 17.2 Å². The SMILES string of the molecule is Cc1csc(SCCS(=O)(=O)c2ccc(CN)cc2)n1. The topological polar surface area (TPSA) is 73.0 Å².